The first-order chi connectivity index (χ1) is 12.5. The van der Waals surface area contributed by atoms with Crippen molar-refractivity contribution in [3.63, 3.8) is 0 Å². The third-order valence-corrected chi connectivity index (χ3v) is 5.33. The van der Waals surface area contributed by atoms with Crippen LogP contribution in [0.2, 0.25) is 5.02 Å². The summed E-state index contributed by atoms with van der Waals surface area (Å²) in [4.78, 5) is 11.2. The average molecular weight is 384 g/mol. The van der Waals surface area contributed by atoms with Gasteiger partial charge in [0.05, 0.1) is 5.39 Å². The third-order valence-electron chi connectivity index (χ3n) is 4.08. The van der Waals surface area contributed by atoms with Crippen LogP contribution in [0.15, 0.2) is 48.5 Å². The molecule has 1 N–H and O–H groups in total. The molecule has 0 unspecified atom stereocenters. The number of rotatable bonds is 3. The third kappa shape index (κ3) is 3.16. The van der Waals surface area contributed by atoms with Crippen molar-refractivity contribution in [2.24, 2.45) is 0 Å². The van der Waals surface area contributed by atoms with Gasteiger partial charge in [0.1, 0.15) is 22.3 Å². The number of aromatic nitrogens is 2. The summed E-state index contributed by atoms with van der Waals surface area (Å²) in [7, 11) is 0. The van der Waals surface area contributed by atoms with Crippen LogP contribution >= 0.6 is 22.9 Å². The molecular weight excluding hydrogens is 369 g/mol. The molecule has 3 nitrogen and oxygen atoms in total. The lowest BCUT2D eigenvalue weighted by Gasteiger charge is -2.10. The summed E-state index contributed by atoms with van der Waals surface area (Å²) < 4.78 is 13.3. The lowest BCUT2D eigenvalue weighted by molar-refractivity contribution is 0.628. The van der Waals surface area contributed by atoms with Crippen molar-refractivity contribution in [3.05, 3.63) is 70.1 Å². The van der Waals surface area contributed by atoms with Gasteiger partial charge in [0, 0.05) is 21.2 Å². The van der Waals surface area contributed by atoms with Crippen molar-refractivity contribution in [2.75, 3.05) is 5.32 Å². The number of nitrogens with one attached hydrogen (secondary N) is 1. The van der Waals surface area contributed by atoms with Crippen molar-refractivity contribution in [1.29, 1.82) is 0 Å². The minimum absolute atomic E-state index is 0.252. The summed E-state index contributed by atoms with van der Waals surface area (Å²) in [6.07, 6.45) is 0. The van der Waals surface area contributed by atoms with E-state index in [1.54, 1.807) is 23.5 Å². The second-order valence-corrected chi connectivity index (χ2v) is 7.61. The van der Waals surface area contributed by atoms with Gasteiger partial charge < -0.3 is 5.32 Å². The Bertz CT molecular complexity index is 1090. The maximum Gasteiger partial charge on any atom is 0.143 e. The fraction of sp³-hybridized carbons (Fsp3) is 0.100. The molecule has 130 valence electrons. The highest BCUT2D eigenvalue weighted by Gasteiger charge is 2.18. The molecule has 0 atom stereocenters. The van der Waals surface area contributed by atoms with E-state index < -0.39 is 0 Å². The van der Waals surface area contributed by atoms with Crippen LogP contribution < -0.4 is 5.32 Å². The zero-order valence-electron chi connectivity index (χ0n) is 14.2. The molecule has 0 amide bonds. The minimum atomic E-state index is -0.252. The van der Waals surface area contributed by atoms with E-state index in [1.807, 2.05) is 38.1 Å². The number of halogens is 2. The number of thiophene rings is 1. The van der Waals surface area contributed by atoms with Crippen LogP contribution in [0.1, 0.15) is 10.7 Å². The number of hydrogen-bond acceptors (Lipinski definition) is 4. The average Bonchev–Trinajstić information content (AvgIpc) is 2.93. The van der Waals surface area contributed by atoms with Crippen LogP contribution in [0, 0.1) is 19.7 Å². The molecule has 0 saturated carbocycles. The zero-order valence-corrected chi connectivity index (χ0v) is 15.7. The van der Waals surface area contributed by atoms with Crippen LogP contribution in [0.5, 0.6) is 0 Å². The topological polar surface area (TPSA) is 37.8 Å². The minimum Gasteiger partial charge on any atom is -0.340 e. The van der Waals surface area contributed by atoms with Gasteiger partial charge in [-0.05, 0) is 55.8 Å². The van der Waals surface area contributed by atoms with Crippen molar-refractivity contribution in [1.82, 2.24) is 9.97 Å². The van der Waals surface area contributed by atoms with E-state index in [1.165, 1.54) is 12.1 Å². The molecule has 2 heterocycles. The lowest BCUT2D eigenvalue weighted by atomic mass is 10.0. The second-order valence-electron chi connectivity index (χ2n) is 5.97. The fourth-order valence-electron chi connectivity index (χ4n) is 2.94. The first kappa shape index (κ1) is 16.9. The molecule has 0 saturated heterocycles. The van der Waals surface area contributed by atoms with Gasteiger partial charge in [-0.15, -0.1) is 11.3 Å². The number of fused-ring (bicyclic) bond motifs is 1. The normalized spacial score (nSPS) is 11.1. The van der Waals surface area contributed by atoms with Gasteiger partial charge in [-0.2, -0.15) is 0 Å². The van der Waals surface area contributed by atoms with Gasteiger partial charge in [0.25, 0.3) is 0 Å². The number of nitrogens with zero attached hydrogens (tertiary/aromatic N) is 2. The highest BCUT2D eigenvalue weighted by atomic mass is 35.5. The predicted molar refractivity (Wildman–Crippen MR) is 107 cm³/mol. The van der Waals surface area contributed by atoms with Crippen LogP contribution in [-0.4, -0.2) is 9.97 Å². The van der Waals surface area contributed by atoms with E-state index >= 15 is 0 Å². The standard InChI is InChI=1S/C20H15ClFN3S/c1-11-17(13-3-7-15(22)8-4-13)18-19(23-12(2)24-20(18)26-11)25-16-9-5-14(21)6-10-16/h3-10H,1-2H3,(H,23,24,25). The molecule has 2 aromatic heterocycles. The van der Waals surface area contributed by atoms with Crippen molar-refractivity contribution in [3.8, 4) is 11.1 Å². The Hall–Kier alpha value is -2.50. The highest BCUT2D eigenvalue weighted by Crippen LogP contribution is 2.41. The molecule has 6 heteroatoms. The van der Waals surface area contributed by atoms with Gasteiger partial charge in [-0.3, -0.25) is 0 Å². The number of aryl methyl sites for hydroxylation is 2. The van der Waals surface area contributed by atoms with Gasteiger partial charge in [0.2, 0.25) is 0 Å². The summed E-state index contributed by atoms with van der Waals surface area (Å²) in [6, 6.07) is 14.0. The SMILES string of the molecule is Cc1nc(Nc2ccc(Cl)cc2)c2c(-c3ccc(F)cc3)c(C)sc2n1. The largest absolute Gasteiger partial charge is 0.340 e. The van der Waals surface area contributed by atoms with Crippen molar-refractivity contribution in [2.45, 2.75) is 13.8 Å². The Morgan fingerprint density at radius 1 is 0.962 bits per heavy atom. The van der Waals surface area contributed by atoms with Crippen LogP contribution in [0.25, 0.3) is 21.3 Å². The van der Waals surface area contributed by atoms with E-state index in [4.69, 9.17) is 11.6 Å². The predicted octanol–water partition coefficient (Wildman–Crippen LogP) is 6.51. The molecule has 0 fully saturated rings. The van der Waals surface area contributed by atoms with Crippen LogP contribution in [0.4, 0.5) is 15.9 Å². The zero-order chi connectivity index (χ0) is 18.3. The Kier molecular flexibility index (Phi) is 4.34. The molecule has 4 rings (SSSR count). The van der Waals surface area contributed by atoms with Gasteiger partial charge in [0.15, 0.2) is 0 Å². The number of anilines is 2. The number of hydrogen-bond donors (Lipinski definition) is 1. The van der Waals surface area contributed by atoms with E-state index in [-0.39, 0.29) is 5.82 Å². The second kappa shape index (κ2) is 6.67. The molecule has 0 aliphatic carbocycles. The first-order valence-corrected chi connectivity index (χ1v) is 9.27. The Morgan fingerprint density at radius 3 is 2.35 bits per heavy atom. The quantitative estimate of drug-likeness (QED) is 0.438. The van der Waals surface area contributed by atoms with Crippen LogP contribution in [0.3, 0.4) is 0 Å². The molecule has 0 radical (unpaired) electrons. The molecule has 0 bridgehead atoms. The lowest BCUT2D eigenvalue weighted by Crippen LogP contribution is -1.98. The highest BCUT2D eigenvalue weighted by molar-refractivity contribution is 7.19. The molecule has 2 aromatic carbocycles. The van der Waals surface area contributed by atoms with Crippen LogP contribution in [-0.2, 0) is 0 Å². The summed E-state index contributed by atoms with van der Waals surface area (Å²) >= 11 is 7.59. The summed E-state index contributed by atoms with van der Waals surface area (Å²) in [5, 5.41) is 5.00. The molecule has 0 aliphatic heterocycles. The maximum absolute atomic E-state index is 13.3. The molecule has 4 aromatic rings. The van der Waals surface area contributed by atoms with E-state index in [0.717, 1.165) is 37.7 Å². The van der Waals surface area contributed by atoms with Crippen molar-refractivity contribution >= 4 is 44.7 Å². The van der Waals surface area contributed by atoms with E-state index in [9.17, 15) is 4.39 Å². The summed E-state index contributed by atoms with van der Waals surface area (Å²) in [6.45, 7) is 3.92. The first-order valence-electron chi connectivity index (χ1n) is 8.07. The summed E-state index contributed by atoms with van der Waals surface area (Å²) in [5.74, 6) is 1.18. The molecule has 0 aliphatic rings. The Balaban J connectivity index is 1.91. The van der Waals surface area contributed by atoms with E-state index in [0.29, 0.717) is 10.8 Å². The summed E-state index contributed by atoms with van der Waals surface area (Å²) in [5.41, 5.74) is 2.87. The monoisotopic (exact) mass is 383 g/mol. The Labute approximate surface area is 159 Å². The fourth-order valence-corrected chi connectivity index (χ4v) is 4.16. The smallest absolute Gasteiger partial charge is 0.143 e. The van der Waals surface area contributed by atoms with Gasteiger partial charge in [-0.25, -0.2) is 14.4 Å². The van der Waals surface area contributed by atoms with Gasteiger partial charge in [-0.1, -0.05) is 23.7 Å². The number of benzene rings is 2. The van der Waals surface area contributed by atoms with E-state index in [2.05, 4.69) is 15.3 Å². The molecular formula is C20H15ClFN3S. The van der Waals surface area contributed by atoms with Crippen molar-refractivity contribution < 1.29 is 4.39 Å². The molecule has 0 spiro atoms. The van der Waals surface area contributed by atoms with Gasteiger partial charge >= 0.3 is 0 Å². The Morgan fingerprint density at radius 2 is 1.65 bits per heavy atom. The maximum atomic E-state index is 13.3. The molecule has 26 heavy (non-hydrogen) atoms.